The maximum Gasteiger partial charge on any atom is 0.271 e. The Balaban J connectivity index is 1.04. The Labute approximate surface area is 309 Å². The highest BCUT2D eigenvalue weighted by Crippen LogP contribution is 2.39. The summed E-state index contributed by atoms with van der Waals surface area (Å²) in [7, 11) is 2.02. The summed E-state index contributed by atoms with van der Waals surface area (Å²) in [6.07, 6.45) is 0.512. The largest absolute Gasteiger partial charge is 0.392 e. The molecule has 9 heteroatoms. The van der Waals surface area contributed by atoms with E-state index in [0.717, 1.165) is 44.5 Å². The molecule has 0 aliphatic carbocycles. The minimum Gasteiger partial charge on any atom is -0.392 e. The van der Waals surface area contributed by atoms with Gasteiger partial charge in [-0.25, -0.2) is 4.98 Å². The van der Waals surface area contributed by atoms with E-state index in [-0.39, 0.29) is 36.5 Å². The number of nitrogens with zero attached hydrogens (tertiary/aromatic N) is 3. The summed E-state index contributed by atoms with van der Waals surface area (Å²) >= 11 is 0. The maximum absolute atomic E-state index is 12.9. The van der Waals surface area contributed by atoms with E-state index in [4.69, 9.17) is 9.47 Å². The molecule has 7 rings (SSSR count). The van der Waals surface area contributed by atoms with Crippen molar-refractivity contribution in [3.8, 4) is 11.1 Å². The van der Waals surface area contributed by atoms with E-state index < -0.39 is 12.4 Å². The Morgan fingerprint density at radius 3 is 2.30 bits per heavy atom. The summed E-state index contributed by atoms with van der Waals surface area (Å²) in [5.74, 6) is -0.278. The van der Waals surface area contributed by atoms with Crippen molar-refractivity contribution in [2.45, 2.75) is 57.1 Å². The number of carbonyl (C=O) groups excluding carboxylic acids is 1. The molecule has 1 aromatic heterocycles. The number of benzene rings is 5. The normalized spacial score (nSPS) is 18.5. The molecule has 1 saturated heterocycles. The van der Waals surface area contributed by atoms with Crippen LogP contribution >= 0.6 is 0 Å². The highest BCUT2D eigenvalue weighted by molar-refractivity contribution is 5.93. The predicted molar refractivity (Wildman–Crippen MR) is 205 cm³/mol. The molecule has 9 nitrogen and oxygen atoms in total. The van der Waals surface area contributed by atoms with Crippen LogP contribution in [0.4, 0.5) is 0 Å². The number of carbonyl (C=O) groups is 1. The Kier molecular flexibility index (Phi) is 11.3. The molecule has 5 aromatic carbocycles. The number of hydrogen-bond acceptors (Lipinski definition) is 8. The number of nitrogens with one attached hydrogen (secondary N) is 1. The van der Waals surface area contributed by atoms with Crippen LogP contribution in [0, 0.1) is 0 Å². The average Bonchev–Trinajstić information content (AvgIpc) is 3.22. The van der Waals surface area contributed by atoms with Gasteiger partial charge in [0.1, 0.15) is 5.69 Å². The van der Waals surface area contributed by atoms with Crippen LogP contribution in [-0.4, -0.2) is 56.7 Å². The number of rotatable bonds is 12. The SMILES string of the molecule is C[C@H]([C@@H](O)c1ccccc1)N(C)C[C@H]1C[C@@H](c2ccc(CO)cc2)O[C@@H](c2ccc(-c3cccc(CNC(=O)c4cnc5ccccc5n4)c3)cc2)O1. The van der Waals surface area contributed by atoms with Gasteiger partial charge in [-0.15, -0.1) is 0 Å². The summed E-state index contributed by atoms with van der Waals surface area (Å²) < 4.78 is 13.2. The highest BCUT2D eigenvalue weighted by atomic mass is 16.7. The van der Waals surface area contributed by atoms with Crippen LogP contribution in [0.5, 0.6) is 0 Å². The fourth-order valence-electron chi connectivity index (χ4n) is 6.72. The van der Waals surface area contributed by atoms with Gasteiger partial charge >= 0.3 is 0 Å². The lowest BCUT2D eigenvalue weighted by Crippen LogP contribution is -2.43. The van der Waals surface area contributed by atoms with Gasteiger partial charge in [-0.3, -0.25) is 14.7 Å². The number of para-hydroxylation sites is 2. The molecule has 3 N–H and O–H groups in total. The van der Waals surface area contributed by atoms with Crippen molar-refractivity contribution in [3.05, 3.63) is 167 Å². The number of aliphatic hydroxyl groups excluding tert-OH is 2. The summed E-state index contributed by atoms with van der Waals surface area (Å²) in [6, 6.07) is 41.2. The fraction of sp³-hybridized carbons (Fsp3) is 0.250. The maximum atomic E-state index is 12.9. The van der Waals surface area contributed by atoms with E-state index in [9.17, 15) is 15.0 Å². The number of likely N-dealkylation sites (N-methyl/N-ethyl adjacent to an activating group) is 1. The summed E-state index contributed by atoms with van der Waals surface area (Å²) in [5, 5.41) is 23.7. The van der Waals surface area contributed by atoms with Crippen LogP contribution in [0.3, 0.4) is 0 Å². The van der Waals surface area contributed by atoms with E-state index in [2.05, 4.69) is 38.4 Å². The molecule has 0 radical (unpaired) electrons. The second kappa shape index (κ2) is 16.6. The zero-order valence-electron chi connectivity index (χ0n) is 29.9. The second-order valence-corrected chi connectivity index (χ2v) is 13.6. The molecule has 1 aliphatic rings. The van der Waals surface area contributed by atoms with Gasteiger partial charge in [0.2, 0.25) is 0 Å². The topological polar surface area (TPSA) is 117 Å². The first kappa shape index (κ1) is 36.1. The van der Waals surface area contributed by atoms with Crippen LogP contribution in [0.1, 0.15) is 70.1 Å². The Morgan fingerprint density at radius 2 is 1.55 bits per heavy atom. The van der Waals surface area contributed by atoms with Crippen LogP contribution in [0.15, 0.2) is 134 Å². The first-order valence-electron chi connectivity index (χ1n) is 18.0. The third-order valence-electron chi connectivity index (χ3n) is 9.98. The molecular weight excluding hydrogens is 665 g/mol. The van der Waals surface area contributed by atoms with E-state index in [0.29, 0.717) is 25.0 Å². The molecule has 1 aliphatic heterocycles. The van der Waals surface area contributed by atoms with Crippen LogP contribution in [-0.2, 0) is 22.6 Å². The minimum atomic E-state index is -0.639. The molecular formula is C44H44N4O5. The summed E-state index contributed by atoms with van der Waals surface area (Å²) in [4.78, 5) is 23.8. The highest BCUT2D eigenvalue weighted by Gasteiger charge is 2.34. The monoisotopic (exact) mass is 708 g/mol. The van der Waals surface area contributed by atoms with Crippen molar-refractivity contribution in [2.24, 2.45) is 0 Å². The zero-order chi connectivity index (χ0) is 36.7. The number of hydrogen-bond donors (Lipinski definition) is 3. The van der Waals surface area contributed by atoms with Gasteiger partial charge in [-0.2, -0.15) is 0 Å². The first-order chi connectivity index (χ1) is 25.8. The van der Waals surface area contributed by atoms with Gasteiger partial charge in [0.05, 0.1) is 42.1 Å². The van der Waals surface area contributed by atoms with Crippen LogP contribution in [0.25, 0.3) is 22.2 Å². The van der Waals surface area contributed by atoms with E-state index >= 15 is 0 Å². The standard InChI is InChI=1S/C44H44N4O5/c1-29(42(50)34-10-4-3-5-11-34)48(2)27-37-24-41(33-17-15-30(28-49)16-18-33)53-44(52-37)35-21-19-32(20-22-35)36-12-8-9-31(23-36)25-46-43(51)40-26-45-38-13-6-7-14-39(38)47-40/h3-23,26,29,37,41-42,44,49-50H,24-25,27-28H2,1-2H3,(H,46,51)/t29-,37-,41+,42-,44+/m1/s1. The number of aliphatic hydroxyl groups is 2. The predicted octanol–water partition coefficient (Wildman–Crippen LogP) is 7.32. The quantitative estimate of drug-likeness (QED) is 0.121. The lowest BCUT2D eigenvalue weighted by Gasteiger charge is -2.39. The van der Waals surface area contributed by atoms with Gasteiger partial charge in [0.25, 0.3) is 5.91 Å². The van der Waals surface area contributed by atoms with E-state index in [1.165, 1.54) is 6.20 Å². The van der Waals surface area contributed by atoms with Crippen LogP contribution in [0.2, 0.25) is 0 Å². The number of aromatic nitrogens is 2. The van der Waals surface area contributed by atoms with Gasteiger partial charge in [0.15, 0.2) is 6.29 Å². The molecule has 0 bridgehead atoms. The first-order valence-corrected chi connectivity index (χ1v) is 18.0. The third kappa shape index (κ3) is 8.68. The van der Waals surface area contributed by atoms with E-state index in [1.54, 1.807) is 0 Å². The molecule has 1 amide bonds. The van der Waals surface area contributed by atoms with Crippen molar-refractivity contribution >= 4 is 16.9 Å². The molecule has 5 atom stereocenters. The molecule has 0 unspecified atom stereocenters. The van der Waals surface area contributed by atoms with Crippen LogP contribution < -0.4 is 5.32 Å². The number of fused-ring (bicyclic) bond motifs is 1. The van der Waals surface area contributed by atoms with Crippen molar-refractivity contribution in [3.63, 3.8) is 0 Å². The summed E-state index contributed by atoms with van der Waals surface area (Å²) in [5.41, 5.74) is 8.35. The van der Waals surface area contributed by atoms with Crippen molar-refractivity contribution in [2.75, 3.05) is 13.6 Å². The second-order valence-electron chi connectivity index (χ2n) is 13.6. The van der Waals surface area contributed by atoms with Crippen molar-refractivity contribution < 1.29 is 24.5 Å². The Hall–Kier alpha value is -5.29. The molecule has 0 saturated carbocycles. The molecule has 1 fully saturated rings. The third-order valence-corrected chi connectivity index (χ3v) is 9.98. The summed E-state index contributed by atoms with van der Waals surface area (Å²) in [6.45, 7) is 2.96. The fourth-order valence-corrected chi connectivity index (χ4v) is 6.72. The van der Waals surface area contributed by atoms with Gasteiger partial charge in [-0.1, -0.05) is 109 Å². The number of ether oxygens (including phenoxy) is 2. The van der Waals surface area contributed by atoms with E-state index in [1.807, 2.05) is 123 Å². The Morgan fingerprint density at radius 1 is 0.830 bits per heavy atom. The van der Waals surface area contributed by atoms with Crippen molar-refractivity contribution in [1.82, 2.24) is 20.2 Å². The minimum absolute atomic E-state index is 0.0169. The molecule has 0 spiro atoms. The number of amides is 1. The molecule has 53 heavy (non-hydrogen) atoms. The lowest BCUT2D eigenvalue weighted by molar-refractivity contribution is -0.253. The van der Waals surface area contributed by atoms with Gasteiger partial charge in [-0.05, 0) is 65.6 Å². The Bertz CT molecular complexity index is 2130. The average molecular weight is 709 g/mol. The molecule has 6 aromatic rings. The molecule has 2 heterocycles. The van der Waals surface area contributed by atoms with Crippen molar-refractivity contribution in [1.29, 1.82) is 0 Å². The van der Waals surface area contributed by atoms with Gasteiger partial charge in [0, 0.05) is 31.1 Å². The molecule has 270 valence electrons. The van der Waals surface area contributed by atoms with Gasteiger partial charge < -0.3 is 25.0 Å². The lowest BCUT2D eigenvalue weighted by atomic mass is 9.98. The zero-order valence-corrected chi connectivity index (χ0v) is 29.9. The smallest absolute Gasteiger partial charge is 0.271 e.